The molecule has 3 saturated heterocycles. The van der Waals surface area contributed by atoms with Crippen LogP contribution >= 0.6 is 8.45 Å². The van der Waals surface area contributed by atoms with E-state index in [2.05, 4.69) is 9.34 Å². The number of hydrogen-bond donors (Lipinski definition) is 0. The summed E-state index contributed by atoms with van der Waals surface area (Å²) in [6.07, 6.45) is 5.67. The minimum absolute atomic E-state index is 0.00480. The zero-order valence-electron chi connectivity index (χ0n) is 12.5. The van der Waals surface area contributed by atoms with Crippen molar-refractivity contribution in [2.45, 2.75) is 57.2 Å². The molecule has 0 bridgehead atoms. The minimum atomic E-state index is -0.678. The highest BCUT2D eigenvalue weighted by Crippen LogP contribution is 2.51. The summed E-state index contributed by atoms with van der Waals surface area (Å²) in [5, 5.41) is 0. The molecule has 106 valence electrons. The maximum atomic E-state index is 7.60. The molecule has 2 radical (unpaired) electrons. The van der Waals surface area contributed by atoms with Crippen LogP contribution in [-0.4, -0.2) is 61.6 Å². The summed E-state index contributed by atoms with van der Waals surface area (Å²) in [7, 11) is 5.19. The smallest absolute Gasteiger partial charge is 0.188 e. The summed E-state index contributed by atoms with van der Waals surface area (Å²) in [6, 6.07) is -0.260. The molecule has 0 saturated carbocycles. The predicted molar refractivity (Wildman–Crippen MR) is 78.1 cm³/mol. The van der Waals surface area contributed by atoms with Crippen molar-refractivity contribution in [2.24, 2.45) is 0 Å². The fourth-order valence-corrected chi connectivity index (χ4v) is 5.37. The monoisotopic (exact) mass is 283 g/mol. The second-order valence-electron chi connectivity index (χ2n) is 5.67. The largest absolute Gasteiger partial charge is 0.382 e. The lowest BCUT2D eigenvalue weighted by Crippen LogP contribution is -2.30. The second-order valence-corrected chi connectivity index (χ2v) is 7.51. The van der Waals surface area contributed by atoms with E-state index >= 15 is 0 Å². The van der Waals surface area contributed by atoms with Gasteiger partial charge in [-0.3, -0.25) is 0 Å². The fourth-order valence-electron chi connectivity index (χ4n) is 3.04. The molecule has 3 atom stereocenters. The van der Waals surface area contributed by atoms with Gasteiger partial charge in [-0.1, -0.05) is 0 Å². The van der Waals surface area contributed by atoms with E-state index in [0.29, 0.717) is 0 Å². The molecule has 4 nitrogen and oxygen atoms in total. The van der Waals surface area contributed by atoms with Crippen LogP contribution in [-0.2, 0) is 9.26 Å². The van der Waals surface area contributed by atoms with Crippen LogP contribution in [0.3, 0.4) is 0 Å². The molecule has 0 spiro atoms. The summed E-state index contributed by atoms with van der Waals surface area (Å²) >= 11 is 0. The van der Waals surface area contributed by atoms with Crippen LogP contribution in [0.25, 0.3) is 0 Å². The Morgan fingerprint density at radius 3 is 2.26 bits per heavy atom. The summed E-state index contributed by atoms with van der Waals surface area (Å²) in [6.45, 7) is 4.82. The Kier molecular flexibility index (Phi) is 4.39. The molecule has 3 aliphatic rings. The average molecular weight is 283 g/mol. The van der Waals surface area contributed by atoms with E-state index in [1.165, 1.54) is 25.7 Å². The van der Waals surface area contributed by atoms with Crippen molar-refractivity contribution in [3.8, 4) is 0 Å². The summed E-state index contributed by atoms with van der Waals surface area (Å²) in [5.74, 6) is 0. The van der Waals surface area contributed by atoms with Crippen LogP contribution < -0.4 is 0 Å². The maximum absolute atomic E-state index is 7.60. The summed E-state index contributed by atoms with van der Waals surface area (Å²) in [5.41, 5.74) is 0. The van der Waals surface area contributed by atoms with Crippen molar-refractivity contribution < 1.29 is 10.6 Å². The van der Waals surface area contributed by atoms with E-state index in [4.69, 9.17) is 18.5 Å². The first-order valence-electron chi connectivity index (χ1n) is 8.15. The van der Waals surface area contributed by atoms with Crippen molar-refractivity contribution in [2.75, 3.05) is 26.2 Å². The average Bonchev–Trinajstić information content (AvgIpc) is 3.18. The van der Waals surface area contributed by atoms with Crippen LogP contribution in [0.2, 0.25) is 0 Å². The number of hydrogen-bond acceptors (Lipinski definition) is 4. The SMILES string of the molecule is [2H]C[C@H]1O[C@@H]([B])C[C@H]1OP(N1CCCC1)N1CCCC1. The molecule has 6 heteroatoms. The second kappa shape index (κ2) is 6.40. The molecule has 0 N–H and O–H groups in total. The Morgan fingerprint density at radius 2 is 1.74 bits per heavy atom. The third-order valence-corrected chi connectivity index (χ3v) is 6.33. The fraction of sp³-hybridized carbons (Fsp3) is 1.00. The van der Waals surface area contributed by atoms with Gasteiger partial charge in [0.1, 0.15) is 7.85 Å². The molecule has 0 aliphatic carbocycles. The molecular formula is C13H24BN2O2P. The summed E-state index contributed by atoms with van der Waals surface area (Å²) in [4.78, 5) is 0. The molecule has 3 rings (SSSR count). The van der Waals surface area contributed by atoms with E-state index in [9.17, 15) is 0 Å². The molecule has 0 aromatic heterocycles. The molecule has 3 fully saturated rings. The van der Waals surface area contributed by atoms with Gasteiger partial charge in [0.2, 0.25) is 0 Å². The van der Waals surface area contributed by atoms with Gasteiger partial charge in [-0.25, -0.2) is 9.34 Å². The highest BCUT2D eigenvalue weighted by atomic mass is 31.2. The van der Waals surface area contributed by atoms with Gasteiger partial charge in [0.15, 0.2) is 8.45 Å². The van der Waals surface area contributed by atoms with Gasteiger partial charge in [-0.2, -0.15) is 0 Å². The predicted octanol–water partition coefficient (Wildman–Crippen LogP) is 2.09. The van der Waals surface area contributed by atoms with Gasteiger partial charge in [0.05, 0.1) is 12.2 Å². The van der Waals surface area contributed by atoms with Crippen molar-refractivity contribution in [1.29, 1.82) is 0 Å². The van der Waals surface area contributed by atoms with Gasteiger partial charge in [0, 0.05) is 33.6 Å². The Labute approximate surface area is 120 Å². The van der Waals surface area contributed by atoms with Crippen molar-refractivity contribution in [3.05, 3.63) is 0 Å². The van der Waals surface area contributed by atoms with Crippen molar-refractivity contribution >= 4 is 16.3 Å². The molecule has 0 aromatic rings. The van der Waals surface area contributed by atoms with E-state index in [-0.39, 0.29) is 25.1 Å². The van der Waals surface area contributed by atoms with E-state index < -0.39 is 8.45 Å². The van der Waals surface area contributed by atoms with Crippen molar-refractivity contribution in [3.63, 3.8) is 0 Å². The first kappa shape index (κ1) is 13.0. The maximum Gasteiger partial charge on any atom is 0.188 e. The first-order valence-corrected chi connectivity index (χ1v) is 8.61. The molecule has 19 heavy (non-hydrogen) atoms. The van der Waals surface area contributed by atoms with Crippen LogP contribution in [0, 0.1) is 0 Å². The van der Waals surface area contributed by atoms with E-state index in [0.717, 1.165) is 32.6 Å². The molecule has 0 amide bonds. The first-order chi connectivity index (χ1) is 9.78. The number of nitrogens with zero attached hydrogens (tertiary/aromatic N) is 2. The Hall–Kier alpha value is 0.335. The van der Waals surface area contributed by atoms with Crippen molar-refractivity contribution in [1.82, 2.24) is 9.34 Å². The van der Waals surface area contributed by atoms with Crippen LogP contribution in [0.1, 0.15) is 40.4 Å². The Morgan fingerprint density at radius 1 is 1.16 bits per heavy atom. The van der Waals surface area contributed by atoms with Gasteiger partial charge in [-0.05, 0) is 39.0 Å². The minimum Gasteiger partial charge on any atom is -0.382 e. The topological polar surface area (TPSA) is 24.9 Å². The lowest BCUT2D eigenvalue weighted by molar-refractivity contribution is 0.0542. The van der Waals surface area contributed by atoms with Crippen LogP contribution in [0.4, 0.5) is 0 Å². The van der Waals surface area contributed by atoms with E-state index in [1.807, 2.05) is 0 Å². The number of rotatable bonds is 4. The standard InChI is InChI=1S/C13H24BN2O2P/c1-11-12(10-13(14)17-11)18-19(15-6-2-3-7-15)16-8-4-5-9-16/h11-13H,2-10H2,1H3/t11-,12-,13-/m1/s1/i1D. The quantitative estimate of drug-likeness (QED) is 0.582. The molecule has 0 unspecified atom stereocenters. The molecule has 3 aliphatic heterocycles. The van der Waals surface area contributed by atoms with E-state index in [1.54, 1.807) is 0 Å². The van der Waals surface area contributed by atoms with Gasteiger partial charge in [-0.15, -0.1) is 0 Å². The Balaban J connectivity index is 1.65. The highest BCUT2D eigenvalue weighted by Gasteiger charge is 2.38. The lowest BCUT2D eigenvalue weighted by atomic mass is 9.96. The van der Waals surface area contributed by atoms with Gasteiger partial charge in [0.25, 0.3) is 0 Å². The zero-order chi connectivity index (χ0) is 13.9. The normalized spacial score (nSPS) is 38.4. The Bertz CT molecular complexity index is 301. The molecule has 0 aromatic carbocycles. The third kappa shape index (κ3) is 3.33. The van der Waals surface area contributed by atoms with Gasteiger partial charge < -0.3 is 9.26 Å². The van der Waals surface area contributed by atoms with Crippen LogP contribution in [0.5, 0.6) is 0 Å². The summed E-state index contributed by atoms with van der Waals surface area (Å²) < 4.78 is 24.6. The highest BCUT2D eigenvalue weighted by molar-refractivity contribution is 7.47. The number of ether oxygens (including phenoxy) is 1. The molecule has 3 heterocycles. The zero-order valence-corrected chi connectivity index (χ0v) is 12.4. The lowest BCUT2D eigenvalue weighted by Gasteiger charge is -2.35. The third-order valence-electron chi connectivity index (χ3n) is 4.11. The van der Waals surface area contributed by atoms with Crippen LogP contribution in [0.15, 0.2) is 0 Å². The molecular weight excluding hydrogens is 258 g/mol. The van der Waals surface area contributed by atoms with Gasteiger partial charge >= 0.3 is 0 Å².